The Morgan fingerprint density at radius 2 is 2.11 bits per heavy atom. The average molecular weight is 288 g/mol. The summed E-state index contributed by atoms with van der Waals surface area (Å²) >= 11 is 5.97. The predicted octanol–water partition coefficient (Wildman–Crippen LogP) is 1.12. The molecule has 0 saturated carbocycles. The van der Waals surface area contributed by atoms with Gasteiger partial charge in [0.15, 0.2) is 0 Å². The molecule has 0 unspecified atom stereocenters. The number of rotatable bonds is 4. The van der Waals surface area contributed by atoms with E-state index in [9.17, 15) is 5.11 Å². The summed E-state index contributed by atoms with van der Waals surface area (Å²) in [6.07, 6.45) is 0. The molecule has 0 amide bonds. The van der Waals surface area contributed by atoms with Crippen molar-refractivity contribution in [3.05, 3.63) is 11.2 Å². The van der Waals surface area contributed by atoms with Crippen molar-refractivity contribution >= 4 is 17.5 Å². The van der Waals surface area contributed by atoms with Gasteiger partial charge >= 0.3 is 0 Å². The molecular formula is C12H18ClN3O3. The molecule has 1 aliphatic heterocycles. The molecule has 0 bridgehead atoms. The van der Waals surface area contributed by atoms with E-state index in [1.807, 2.05) is 4.90 Å². The zero-order valence-electron chi connectivity index (χ0n) is 11.1. The first kappa shape index (κ1) is 14.3. The monoisotopic (exact) mass is 287 g/mol. The first-order chi connectivity index (χ1) is 8.94. The summed E-state index contributed by atoms with van der Waals surface area (Å²) in [4.78, 5) is 10.5. The van der Waals surface area contributed by atoms with Crippen LogP contribution in [0.25, 0.3) is 0 Å². The molecule has 1 aromatic heterocycles. The minimum Gasteiger partial charge on any atom is -0.474 e. The highest BCUT2D eigenvalue weighted by atomic mass is 35.5. The summed E-state index contributed by atoms with van der Waals surface area (Å²) in [6.45, 7) is 6.22. The first-order valence-electron chi connectivity index (χ1n) is 6.16. The Labute approximate surface area is 117 Å². The lowest BCUT2D eigenvalue weighted by atomic mass is 10.2. The molecule has 7 heteroatoms. The van der Waals surface area contributed by atoms with Crippen LogP contribution in [0.5, 0.6) is 5.88 Å². The van der Waals surface area contributed by atoms with Gasteiger partial charge in [0.05, 0.1) is 18.8 Å². The topological polar surface area (TPSA) is 67.7 Å². The molecule has 1 fully saturated rings. The van der Waals surface area contributed by atoms with Gasteiger partial charge in [0, 0.05) is 19.2 Å². The first-order valence-corrected chi connectivity index (χ1v) is 6.54. The average Bonchev–Trinajstić information content (AvgIpc) is 2.36. The third kappa shape index (κ3) is 4.49. The van der Waals surface area contributed by atoms with Crippen molar-refractivity contribution in [3.63, 3.8) is 0 Å². The normalized spacial score (nSPS) is 16.5. The van der Waals surface area contributed by atoms with E-state index in [4.69, 9.17) is 21.1 Å². The number of halogens is 1. The smallest absolute Gasteiger partial charge is 0.230 e. The van der Waals surface area contributed by atoms with Gasteiger partial charge < -0.3 is 19.5 Å². The van der Waals surface area contributed by atoms with Gasteiger partial charge in [-0.25, -0.2) is 4.98 Å². The molecule has 1 aliphatic rings. The van der Waals surface area contributed by atoms with Crippen LogP contribution in [0.3, 0.4) is 0 Å². The number of anilines is 1. The summed E-state index contributed by atoms with van der Waals surface area (Å²) in [6, 6.07) is 1.54. The Kier molecular flexibility index (Phi) is 4.44. The third-order valence-electron chi connectivity index (χ3n) is 2.53. The zero-order valence-corrected chi connectivity index (χ0v) is 11.9. The van der Waals surface area contributed by atoms with Crippen molar-refractivity contribution in [3.8, 4) is 5.88 Å². The van der Waals surface area contributed by atoms with E-state index in [1.165, 1.54) is 6.07 Å². The van der Waals surface area contributed by atoms with E-state index >= 15 is 0 Å². The SMILES string of the molecule is CC(C)(O)COc1cc(Cl)nc(N2CCOCC2)n1. The molecule has 1 saturated heterocycles. The van der Waals surface area contributed by atoms with Crippen LogP contribution in [0, 0.1) is 0 Å². The van der Waals surface area contributed by atoms with E-state index in [-0.39, 0.29) is 6.61 Å². The summed E-state index contributed by atoms with van der Waals surface area (Å²) < 4.78 is 10.7. The fourth-order valence-corrected chi connectivity index (χ4v) is 1.78. The summed E-state index contributed by atoms with van der Waals surface area (Å²) in [5, 5.41) is 9.96. The maximum absolute atomic E-state index is 9.64. The third-order valence-corrected chi connectivity index (χ3v) is 2.72. The largest absolute Gasteiger partial charge is 0.474 e. The molecule has 1 aromatic rings. The van der Waals surface area contributed by atoms with Crippen LogP contribution < -0.4 is 9.64 Å². The fourth-order valence-electron chi connectivity index (χ4n) is 1.61. The number of nitrogens with zero attached hydrogens (tertiary/aromatic N) is 3. The summed E-state index contributed by atoms with van der Waals surface area (Å²) in [5.41, 5.74) is -0.920. The van der Waals surface area contributed by atoms with E-state index < -0.39 is 5.60 Å². The summed E-state index contributed by atoms with van der Waals surface area (Å²) in [7, 11) is 0. The van der Waals surface area contributed by atoms with Gasteiger partial charge in [0.25, 0.3) is 0 Å². The number of morpholine rings is 1. The molecule has 0 atom stereocenters. The fraction of sp³-hybridized carbons (Fsp3) is 0.667. The molecule has 6 nitrogen and oxygen atoms in total. The van der Waals surface area contributed by atoms with Crippen molar-refractivity contribution in [1.82, 2.24) is 9.97 Å². The number of ether oxygens (including phenoxy) is 2. The molecule has 1 N–H and O–H groups in total. The van der Waals surface area contributed by atoms with Crippen molar-refractivity contribution in [1.29, 1.82) is 0 Å². The van der Waals surface area contributed by atoms with Crippen LogP contribution in [0.2, 0.25) is 5.15 Å². The van der Waals surface area contributed by atoms with Gasteiger partial charge in [-0.15, -0.1) is 0 Å². The van der Waals surface area contributed by atoms with Crippen molar-refractivity contribution in [2.45, 2.75) is 19.4 Å². The van der Waals surface area contributed by atoms with Crippen molar-refractivity contribution < 1.29 is 14.6 Å². The Hall–Kier alpha value is -1.11. The van der Waals surface area contributed by atoms with Gasteiger partial charge in [-0.2, -0.15) is 4.98 Å². The van der Waals surface area contributed by atoms with Gasteiger partial charge in [0.2, 0.25) is 11.8 Å². The van der Waals surface area contributed by atoms with Gasteiger partial charge in [-0.1, -0.05) is 11.6 Å². The zero-order chi connectivity index (χ0) is 13.9. The Morgan fingerprint density at radius 1 is 1.42 bits per heavy atom. The second-order valence-electron chi connectivity index (χ2n) is 5.03. The lowest BCUT2D eigenvalue weighted by Crippen LogP contribution is -2.37. The maximum atomic E-state index is 9.64. The molecule has 19 heavy (non-hydrogen) atoms. The minimum absolute atomic E-state index is 0.142. The van der Waals surface area contributed by atoms with Crippen LogP contribution in [0.15, 0.2) is 6.07 Å². The number of hydrogen-bond acceptors (Lipinski definition) is 6. The summed E-state index contributed by atoms with van der Waals surface area (Å²) in [5.74, 6) is 0.894. The number of aromatic nitrogens is 2. The van der Waals surface area contributed by atoms with Gasteiger partial charge in [-0.3, -0.25) is 0 Å². The number of hydrogen-bond donors (Lipinski definition) is 1. The molecule has 0 aromatic carbocycles. The molecular weight excluding hydrogens is 270 g/mol. The molecule has 0 aliphatic carbocycles. The van der Waals surface area contributed by atoms with E-state index in [0.717, 1.165) is 13.1 Å². The van der Waals surface area contributed by atoms with E-state index in [1.54, 1.807) is 13.8 Å². The molecule has 2 heterocycles. The lowest BCUT2D eigenvalue weighted by molar-refractivity contribution is 0.0268. The van der Waals surface area contributed by atoms with E-state index in [0.29, 0.717) is 30.2 Å². The Bertz CT molecular complexity index is 431. The Morgan fingerprint density at radius 3 is 2.74 bits per heavy atom. The highest BCUT2D eigenvalue weighted by molar-refractivity contribution is 6.29. The van der Waals surface area contributed by atoms with Crippen LogP contribution >= 0.6 is 11.6 Å². The number of aliphatic hydroxyl groups is 1. The van der Waals surface area contributed by atoms with Crippen LogP contribution in [0.4, 0.5) is 5.95 Å². The van der Waals surface area contributed by atoms with E-state index in [2.05, 4.69) is 9.97 Å². The molecule has 2 rings (SSSR count). The Balaban J connectivity index is 2.10. The standard InChI is InChI=1S/C12H18ClN3O3/c1-12(2,17)8-19-10-7-9(13)14-11(15-10)16-3-5-18-6-4-16/h7,17H,3-6,8H2,1-2H3. The van der Waals surface area contributed by atoms with Crippen molar-refractivity contribution in [2.24, 2.45) is 0 Å². The molecule has 106 valence electrons. The molecule has 0 spiro atoms. The minimum atomic E-state index is -0.920. The maximum Gasteiger partial charge on any atom is 0.230 e. The quantitative estimate of drug-likeness (QED) is 0.837. The highest BCUT2D eigenvalue weighted by Gasteiger charge is 2.18. The van der Waals surface area contributed by atoms with Crippen LogP contribution in [-0.2, 0) is 4.74 Å². The van der Waals surface area contributed by atoms with Gasteiger partial charge in [-0.05, 0) is 13.8 Å². The highest BCUT2D eigenvalue weighted by Crippen LogP contribution is 2.20. The lowest BCUT2D eigenvalue weighted by Gasteiger charge is -2.27. The second kappa shape index (κ2) is 5.90. The predicted molar refractivity (Wildman–Crippen MR) is 71.9 cm³/mol. The van der Waals surface area contributed by atoms with Crippen LogP contribution in [-0.4, -0.2) is 53.6 Å². The van der Waals surface area contributed by atoms with Gasteiger partial charge in [0.1, 0.15) is 11.8 Å². The van der Waals surface area contributed by atoms with Crippen LogP contribution in [0.1, 0.15) is 13.8 Å². The van der Waals surface area contributed by atoms with Crippen molar-refractivity contribution in [2.75, 3.05) is 37.8 Å². The molecule has 0 radical (unpaired) electrons. The second-order valence-corrected chi connectivity index (χ2v) is 5.42.